The molecule has 0 bridgehead atoms. The predicted octanol–water partition coefficient (Wildman–Crippen LogP) is 3.20. The number of pyridine rings is 1. The van der Waals surface area contributed by atoms with Gasteiger partial charge in [-0.25, -0.2) is 0 Å². The van der Waals surface area contributed by atoms with Gasteiger partial charge in [0.2, 0.25) is 6.10 Å². The van der Waals surface area contributed by atoms with E-state index in [2.05, 4.69) is 10.1 Å². The molecular weight excluding hydrogens is 375 g/mol. The van der Waals surface area contributed by atoms with E-state index in [0.29, 0.717) is 17.9 Å². The van der Waals surface area contributed by atoms with E-state index in [1.807, 2.05) is 23.5 Å². The summed E-state index contributed by atoms with van der Waals surface area (Å²) in [6.07, 6.45) is -4.05. The Morgan fingerprint density at radius 2 is 2.14 bits per heavy atom. The average molecular weight is 393 g/mol. The smallest absolute Gasteiger partial charge is 0.414 e. The monoisotopic (exact) mass is 393 g/mol. The van der Waals surface area contributed by atoms with Gasteiger partial charge in [0.25, 0.3) is 5.91 Å². The van der Waals surface area contributed by atoms with Crippen LogP contribution in [0, 0.1) is 0 Å². The van der Waals surface area contributed by atoms with Crippen LogP contribution >= 0.6 is 0 Å². The highest BCUT2D eigenvalue weighted by atomic mass is 19.4. The third-order valence-corrected chi connectivity index (χ3v) is 4.16. The van der Waals surface area contributed by atoms with Crippen LogP contribution in [0.5, 0.6) is 5.75 Å². The van der Waals surface area contributed by atoms with E-state index in [9.17, 15) is 18.0 Å². The number of aromatic nitrogens is 1. The summed E-state index contributed by atoms with van der Waals surface area (Å²) in [4.78, 5) is 21.1. The van der Waals surface area contributed by atoms with E-state index in [0.717, 1.165) is 5.56 Å². The number of halogens is 3. The summed E-state index contributed by atoms with van der Waals surface area (Å²) in [5.74, 6) is -0.216. The third kappa shape index (κ3) is 4.79. The number of amides is 1. The molecule has 2 aromatic rings. The molecule has 0 unspecified atom stereocenters. The van der Waals surface area contributed by atoms with Crippen molar-refractivity contribution in [1.82, 2.24) is 10.3 Å². The summed E-state index contributed by atoms with van der Waals surface area (Å²) in [7, 11) is 1.55. The Hall–Kier alpha value is -3.10. The third-order valence-electron chi connectivity index (χ3n) is 4.16. The Balaban J connectivity index is 1.62. The van der Waals surface area contributed by atoms with Crippen LogP contribution in [0.4, 0.5) is 13.2 Å². The van der Waals surface area contributed by atoms with Gasteiger partial charge in [-0.2, -0.15) is 13.2 Å². The molecule has 0 saturated carbocycles. The zero-order valence-electron chi connectivity index (χ0n) is 14.9. The number of carbonyl (C=O) groups excluding carboxylic acids is 1. The van der Waals surface area contributed by atoms with Crippen molar-refractivity contribution >= 4 is 11.6 Å². The fourth-order valence-electron chi connectivity index (χ4n) is 2.80. The minimum Gasteiger partial charge on any atom is -0.497 e. The lowest BCUT2D eigenvalue weighted by Gasteiger charge is -2.22. The van der Waals surface area contributed by atoms with Crippen molar-refractivity contribution in [2.45, 2.75) is 31.2 Å². The molecule has 0 fully saturated rings. The van der Waals surface area contributed by atoms with Crippen molar-refractivity contribution in [3.8, 4) is 5.75 Å². The second-order valence-corrected chi connectivity index (χ2v) is 6.22. The van der Waals surface area contributed by atoms with Crippen LogP contribution in [0.1, 0.15) is 23.7 Å². The van der Waals surface area contributed by atoms with Crippen molar-refractivity contribution in [3.05, 3.63) is 59.9 Å². The van der Waals surface area contributed by atoms with Gasteiger partial charge < -0.3 is 14.9 Å². The molecule has 1 aromatic carbocycles. The number of hydrogen-bond acceptors (Lipinski definition) is 5. The summed E-state index contributed by atoms with van der Waals surface area (Å²) in [5, 5.41) is 5.82. The molecule has 1 aromatic heterocycles. The summed E-state index contributed by atoms with van der Waals surface area (Å²) in [5.41, 5.74) is 1.16. The van der Waals surface area contributed by atoms with Crippen molar-refractivity contribution in [2.24, 2.45) is 5.16 Å². The number of oxime groups is 1. The van der Waals surface area contributed by atoms with Gasteiger partial charge in [-0.05, 0) is 29.8 Å². The van der Waals surface area contributed by atoms with E-state index in [1.54, 1.807) is 13.2 Å². The van der Waals surface area contributed by atoms with Gasteiger partial charge in [0.1, 0.15) is 5.75 Å². The van der Waals surface area contributed by atoms with Crippen molar-refractivity contribution in [2.75, 3.05) is 7.11 Å². The molecule has 1 N–H and O–H groups in total. The maximum atomic E-state index is 13.4. The molecule has 3 rings (SSSR count). The van der Waals surface area contributed by atoms with Gasteiger partial charge in [0.15, 0.2) is 6.04 Å². The van der Waals surface area contributed by atoms with Crippen LogP contribution in [-0.4, -0.2) is 36.0 Å². The first-order valence-electron chi connectivity index (χ1n) is 8.49. The molecule has 1 amide bonds. The van der Waals surface area contributed by atoms with Crippen LogP contribution in [0.25, 0.3) is 0 Å². The normalized spacial score (nSPS) is 17.4. The quantitative estimate of drug-likeness (QED) is 0.818. The first-order valence-corrected chi connectivity index (χ1v) is 8.49. The summed E-state index contributed by atoms with van der Waals surface area (Å²) < 4.78 is 45.2. The Morgan fingerprint density at radius 3 is 2.82 bits per heavy atom. The topological polar surface area (TPSA) is 72.8 Å². The molecule has 2 atom stereocenters. The number of benzene rings is 1. The lowest BCUT2D eigenvalue weighted by molar-refractivity contribution is -0.167. The predicted molar refractivity (Wildman–Crippen MR) is 94.8 cm³/mol. The number of nitrogens with one attached hydrogen (secondary N) is 1. The Kier molecular flexibility index (Phi) is 5.81. The first kappa shape index (κ1) is 19.7. The highest BCUT2D eigenvalue weighted by Crippen LogP contribution is 2.32. The van der Waals surface area contributed by atoms with Crippen LogP contribution in [0.3, 0.4) is 0 Å². The molecule has 148 valence electrons. The molecule has 9 heteroatoms. The van der Waals surface area contributed by atoms with E-state index >= 15 is 0 Å². The molecule has 0 spiro atoms. The lowest BCUT2D eigenvalue weighted by Crippen LogP contribution is -2.43. The van der Waals surface area contributed by atoms with E-state index in [-0.39, 0.29) is 12.1 Å². The zero-order valence-corrected chi connectivity index (χ0v) is 14.9. The molecule has 0 radical (unpaired) electrons. The minimum absolute atomic E-state index is 0.107. The van der Waals surface area contributed by atoms with E-state index in [1.165, 1.54) is 24.4 Å². The lowest BCUT2D eigenvalue weighted by atomic mass is 10.0. The van der Waals surface area contributed by atoms with E-state index < -0.39 is 24.2 Å². The van der Waals surface area contributed by atoms with Crippen LogP contribution in [0.15, 0.2) is 53.8 Å². The van der Waals surface area contributed by atoms with Gasteiger partial charge in [-0.15, -0.1) is 0 Å². The van der Waals surface area contributed by atoms with Gasteiger partial charge in [0.05, 0.1) is 18.5 Å². The Labute approximate surface area is 159 Å². The zero-order chi connectivity index (χ0) is 20.1. The number of rotatable bonds is 6. The molecule has 1 aliphatic heterocycles. The van der Waals surface area contributed by atoms with Crippen molar-refractivity contribution < 1.29 is 27.5 Å². The Bertz CT molecular complexity index is 856. The molecule has 0 aliphatic carbocycles. The van der Waals surface area contributed by atoms with Gasteiger partial charge in [0, 0.05) is 19.0 Å². The number of nitrogens with zero attached hydrogens (tertiary/aromatic N) is 2. The molecular formula is C19H18F3N3O3. The first-order chi connectivity index (χ1) is 13.4. The van der Waals surface area contributed by atoms with Gasteiger partial charge in [-0.3, -0.25) is 9.78 Å². The maximum absolute atomic E-state index is 13.4. The maximum Gasteiger partial charge on any atom is 0.414 e. The van der Waals surface area contributed by atoms with Gasteiger partial charge in [-0.1, -0.05) is 23.4 Å². The molecule has 28 heavy (non-hydrogen) atoms. The summed E-state index contributed by atoms with van der Waals surface area (Å²) in [6, 6.07) is 9.20. The number of hydrogen-bond donors (Lipinski definition) is 1. The molecule has 0 saturated heterocycles. The average Bonchev–Trinajstić information content (AvgIpc) is 3.14. The number of alkyl halides is 3. The van der Waals surface area contributed by atoms with Crippen molar-refractivity contribution in [1.29, 1.82) is 0 Å². The fraction of sp³-hybridized carbons (Fsp3) is 0.316. The fourth-order valence-corrected chi connectivity index (χ4v) is 2.80. The van der Waals surface area contributed by atoms with Crippen LogP contribution in [-0.2, 0) is 16.1 Å². The number of methoxy groups -OCH3 is 1. The van der Waals surface area contributed by atoms with Gasteiger partial charge >= 0.3 is 6.18 Å². The van der Waals surface area contributed by atoms with Crippen LogP contribution < -0.4 is 10.1 Å². The minimum atomic E-state index is -4.69. The largest absolute Gasteiger partial charge is 0.497 e. The van der Waals surface area contributed by atoms with Crippen molar-refractivity contribution in [3.63, 3.8) is 0 Å². The number of ether oxygens (including phenoxy) is 1. The summed E-state index contributed by atoms with van der Waals surface area (Å²) in [6.45, 7) is 0. The second kappa shape index (κ2) is 8.28. The SMILES string of the molecule is COc1cccc(CC2=NO[C@H](C(=O)N[C@H](c3ccccn3)C(F)(F)F)C2)c1. The van der Waals surface area contributed by atoms with Crippen LogP contribution in [0.2, 0.25) is 0 Å². The highest BCUT2D eigenvalue weighted by Gasteiger charge is 2.44. The highest BCUT2D eigenvalue weighted by molar-refractivity contribution is 5.94. The standard InChI is InChI=1S/C19H18F3N3O3/c1-27-14-6-4-5-12(10-14)9-13-11-16(28-25-13)18(26)24-17(19(20,21)22)15-7-2-3-8-23-15/h2-8,10,16-17H,9,11H2,1H3,(H,24,26)/t16-,17+/m0/s1. The van der Waals surface area contributed by atoms with E-state index in [4.69, 9.17) is 9.57 Å². The second-order valence-electron chi connectivity index (χ2n) is 6.22. The number of carbonyl (C=O) groups is 1. The Morgan fingerprint density at radius 1 is 1.32 bits per heavy atom. The molecule has 6 nitrogen and oxygen atoms in total. The molecule has 2 heterocycles. The molecule has 1 aliphatic rings. The summed E-state index contributed by atoms with van der Waals surface area (Å²) >= 11 is 0.